The molecule has 17 heavy (non-hydrogen) atoms. The van der Waals surface area contributed by atoms with Gasteiger partial charge in [0.1, 0.15) is 0 Å². The van der Waals surface area contributed by atoms with Crippen molar-refractivity contribution < 1.29 is 27.8 Å². The maximum Gasteiger partial charge on any atom is 0.428 e. The molecule has 1 rings (SSSR count). The lowest BCUT2D eigenvalue weighted by molar-refractivity contribution is -0.261. The van der Waals surface area contributed by atoms with Gasteiger partial charge in [0.15, 0.2) is 0 Å². The van der Waals surface area contributed by atoms with Crippen LogP contribution < -0.4 is 0 Å². The fourth-order valence-electron chi connectivity index (χ4n) is 1.85. The second-order valence-corrected chi connectivity index (χ2v) is 4.13. The highest BCUT2D eigenvalue weighted by atomic mass is 19.4. The maximum absolute atomic E-state index is 12.7. The number of rotatable bonds is 3. The van der Waals surface area contributed by atoms with Gasteiger partial charge in [-0.1, -0.05) is 11.6 Å². The van der Waals surface area contributed by atoms with E-state index in [9.17, 15) is 23.1 Å². The van der Waals surface area contributed by atoms with Crippen molar-refractivity contribution in [3.63, 3.8) is 0 Å². The number of esters is 1. The molecule has 0 aliphatic heterocycles. The second-order valence-electron chi connectivity index (χ2n) is 4.13. The molecule has 1 aliphatic carbocycles. The summed E-state index contributed by atoms with van der Waals surface area (Å²) in [5, 5.41) is 9.53. The lowest BCUT2D eigenvalue weighted by Crippen LogP contribution is -2.53. The first kappa shape index (κ1) is 14.0. The highest BCUT2D eigenvalue weighted by Gasteiger charge is 2.60. The summed E-state index contributed by atoms with van der Waals surface area (Å²) in [5.74, 6) is -1.66. The SMILES string of the molecule is COC(=O)[C@](O)(CC1=CCCCC1)C(F)(F)F. The minimum atomic E-state index is -5.03. The number of allylic oxidation sites excluding steroid dienone is 1. The molecule has 0 aromatic heterocycles. The van der Waals surface area contributed by atoms with Crippen molar-refractivity contribution in [3.8, 4) is 0 Å². The molecule has 0 radical (unpaired) electrons. The molecule has 3 nitrogen and oxygen atoms in total. The van der Waals surface area contributed by atoms with Gasteiger partial charge in [-0.05, 0) is 25.7 Å². The Morgan fingerprint density at radius 2 is 2.12 bits per heavy atom. The quantitative estimate of drug-likeness (QED) is 0.619. The summed E-state index contributed by atoms with van der Waals surface area (Å²) in [4.78, 5) is 11.1. The van der Waals surface area contributed by atoms with E-state index in [0.29, 0.717) is 18.4 Å². The predicted molar refractivity (Wildman–Crippen MR) is 54.2 cm³/mol. The topological polar surface area (TPSA) is 46.5 Å². The molecule has 1 aliphatic rings. The Bertz CT molecular complexity index is 322. The Balaban J connectivity index is 2.91. The van der Waals surface area contributed by atoms with Gasteiger partial charge in [-0.25, -0.2) is 4.79 Å². The van der Waals surface area contributed by atoms with Crippen LogP contribution in [0.2, 0.25) is 0 Å². The van der Waals surface area contributed by atoms with Gasteiger partial charge in [0.25, 0.3) is 5.60 Å². The molecule has 6 heteroatoms. The molecule has 0 amide bonds. The minimum Gasteiger partial charge on any atom is -0.467 e. The number of methoxy groups -OCH3 is 1. The van der Waals surface area contributed by atoms with Gasteiger partial charge in [-0.3, -0.25) is 0 Å². The van der Waals surface area contributed by atoms with E-state index in [1.165, 1.54) is 0 Å². The molecule has 0 fully saturated rings. The van der Waals surface area contributed by atoms with Crippen molar-refractivity contribution in [2.75, 3.05) is 7.11 Å². The molecule has 0 bridgehead atoms. The Kier molecular flexibility index (Phi) is 4.19. The van der Waals surface area contributed by atoms with Crippen LogP contribution in [0.4, 0.5) is 13.2 Å². The Morgan fingerprint density at radius 1 is 1.47 bits per heavy atom. The molecular formula is C11H15F3O3. The monoisotopic (exact) mass is 252 g/mol. The van der Waals surface area contributed by atoms with Crippen LogP contribution in [0.1, 0.15) is 32.1 Å². The lowest BCUT2D eigenvalue weighted by Gasteiger charge is -2.29. The summed E-state index contributed by atoms with van der Waals surface area (Å²) < 4.78 is 42.2. The first-order valence-electron chi connectivity index (χ1n) is 5.36. The first-order valence-corrected chi connectivity index (χ1v) is 5.36. The van der Waals surface area contributed by atoms with E-state index in [1.807, 2.05) is 0 Å². The largest absolute Gasteiger partial charge is 0.467 e. The number of hydrogen-bond acceptors (Lipinski definition) is 3. The zero-order chi connectivity index (χ0) is 13.1. The van der Waals surface area contributed by atoms with E-state index < -0.39 is 24.2 Å². The number of halogens is 3. The van der Waals surface area contributed by atoms with E-state index in [0.717, 1.165) is 20.0 Å². The Morgan fingerprint density at radius 3 is 2.53 bits per heavy atom. The Hall–Kier alpha value is -1.04. The molecule has 1 atom stereocenters. The molecule has 0 saturated carbocycles. The second kappa shape index (κ2) is 5.08. The summed E-state index contributed by atoms with van der Waals surface area (Å²) >= 11 is 0. The van der Waals surface area contributed by atoms with E-state index in [2.05, 4.69) is 4.74 Å². The van der Waals surface area contributed by atoms with Crippen molar-refractivity contribution in [3.05, 3.63) is 11.6 Å². The van der Waals surface area contributed by atoms with E-state index in [-0.39, 0.29) is 0 Å². The van der Waals surface area contributed by atoms with Crippen LogP contribution in [0, 0.1) is 0 Å². The number of hydrogen-bond donors (Lipinski definition) is 1. The average molecular weight is 252 g/mol. The summed E-state index contributed by atoms with van der Waals surface area (Å²) in [6, 6.07) is 0. The third kappa shape index (κ3) is 3.00. The van der Waals surface area contributed by atoms with Crippen LogP contribution in [0.5, 0.6) is 0 Å². The predicted octanol–water partition coefficient (Wildman–Crippen LogP) is 2.34. The van der Waals surface area contributed by atoms with Crippen molar-refractivity contribution in [1.82, 2.24) is 0 Å². The Labute approximate surface area is 97.3 Å². The van der Waals surface area contributed by atoms with Gasteiger partial charge >= 0.3 is 12.1 Å². The highest BCUT2D eigenvalue weighted by molar-refractivity contribution is 5.80. The summed E-state index contributed by atoms with van der Waals surface area (Å²) in [5.41, 5.74) is -2.97. The molecule has 0 saturated heterocycles. The smallest absolute Gasteiger partial charge is 0.428 e. The lowest BCUT2D eigenvalue weighted by atomic mass is 9.88. The fraction of sp³-hybridized carbons (Fsp3) is 0.727. The third-order valence-electron chi connectivity index (χ3n) is 2.86. The molecule has 0 aromatic rings. The van der Waals surface area contributed by atoms with Crippen molar-refractivity contribution >= 4 is 5.97 Å². The van der Waals surface area contributed by atoms with Gasteiger partial charge in [0.2, 0.25) is 0 Å². The van der Waals surface area contributed by atoms with E-state index in [4.69, 9.17) is 0 Å². The summed E-state index contributed by atoms with van der Waals surface area (Å²) in [7, 11) is 0.828. The van der Waals surface area contributed by atoms with Gasteiger partial charge in [0.05, 0.1) is 7.11 Å². The number of carbonyl (C=O) groups is 1. The van der Waals surface area contributed by atoms with Crippen molar-refractivity contribution in [2.45, 2.75) is 43.9 Å². The summed E-state index contributed by atoms with van der Waals surface area (Å²) in [6.07, 6.45) is -1.24. The van der Waals surface area contributed by atoms with Gasteiger partial charge < -0.3 is 9.84 Å². The zero-order valence-electron chi connectivity index (χ0n) is 9.51. The van der Waals surface area contributed by atoms with Crippen molar-refractivity contribution in [1.29, 1.82) is 0 Å². The number of ether oxygens (including phenoxy) is 1. The molecule has 0 unspecified atom stereocenters. The first-order chi connectivity index (χ1) is 7.81. The van der Waals surface area contributed by atoms with E-state index in [1.54, 1.807) is 6.08 Å². The number of alkyl halides is 3. The van der Waals surface area contributed by atoms with Gasteiger partial charge in [-0.2, -0.15) is 13.2 Å². The summed E-state index contributed by atoms with van der Waals surface area (Å²) in [6.45, 7) is 0. The molecule has 98 valence electrons. The number of carbonyl (C=O) groups excluding carboxylic acids is 1. The molecule has 0 spiro atoms. The van der Waals surface area contributed by atoms with Crippen LogP contribution >= 0.6 is 0 Å². The van der Waals surface area contributed by atoms with Crippen LogP contribution in [-0.2, 0) is 9.53 Å². The van der Waals surface area contributed by atoms with Crippen LogP contribution in [0.25, 0.3) is 0 Å². The normalized spacial score (nSPS) is 20.4. The number of aliphatic hydroxyl groups is 1. The fourth-order valence-corrected chi connectivity index (χ4v) is 1.85. The minimum absolute atomic E-state index is 0.460. The van der Waals surface area contributed by atoms with Crippen LogP contribution in [0.15, 0.2) is 11.6 Å². The van der Waals surface area contributed by atoms with Crippen LogP contribution in [0.3, 0.4) is 0 Å². The average Bonchev–Trinajstić information content (AvgIpc) is 2.27. The zero-order valence-corrected chi connectivity index (χ0v) is 9.51. The van der Waals surface area contributed by atoms with Crippen molar-refractivity contribution in [2.24, 2.45) is 0 Å². The molecule has 0 heterocycles. The van der Waals surface area contributed by atoms with Gasteiger partial charge in [0, 0.05) is 6.42 Å². The highest BCUT2D eigenvalue weighted by Crippen LogP contribution is 2.38. The molecular weight excluding hydrogens is 237 g/mol. The van der Waals surface area contributed by atoms with Crippen LogP contribution in [-0.4, -0.2) is 30.0 Å². The van der Waals surface area contributed by atoms with Gasteiger partial charge in [-0.15, -0.1) is 0 Å². The maximum atomic E-state index is 12.7. The standard InChI is InChI=1S/C11H15F3O3/c1-17-9(15)10(16,11(12,13)14)7-8-5-3-2-4-6-8/h5,16H,2-4,6-7H2,1H3/t10-/m1/s1. The molecule has 1 N–H and O–H groups in total. The third-order valence-corrected chi connectivity index (χ3v) is 2.86. The van der Waals surface area contributed by atoms with E-state index >= 15 is 0 Å². The molecule has 0 aromatic carbocycles.